The summed E-state index contributed by atoms with van der Waals surface area (Å²) in [6.45, 7) is 2.04. The highest BCUT2D eigenvalue weighted by Crippen LogP contribution is 2.17. The molecule has 1 saturated heterocycles. The largest absolute Gasteiger partial charge is 0.369 e. The van der Waals surface area contributed by atoms with E-state index in [1.807, 2.05) is 30.6 Å². The van der Waals surface area contributed by atoms with Crippen LogP contribution >= 0.6 is 0 Å². The summed E-state index contributed by atoms with van der Waals surface area (Å²) in [5.41, 5.74) is 2.43. The molecule has 116 valence electrons. The summed E-state index contributed by atoms with van der Waals surface area (Å²) >= 11 is 0. The minimum absolute atomic E-state index is 0.682. The van der Waals surface area contributed by atoms with Gasteiger partial charge in [0.15, 0.2) is 0 Å². The fourth-order valence-electron chi connectivity index (χ4n) is 2.99. The van der Waals surface area contributed by atoms with Crippen molar-refractivity contribution in [2.24, 2.45) is 0 Å². The second-order valence-electron chi connectivity index (χ2n) is 5.84. The van der Waals surface area contributed by atoms with Crippen molar-refractivity contribution in [2.75, 3.05) is 18.4 Å². The van der Waals surface area contributed by atoms with Gasteiger partial charge in [-0.15, -0.1) is 0 Å². The smallest absolute Gasteiger partial charge is 0.129 e. The van der Waals surface area contributed by atoms with Gasteiger partial charge >= 0.3 is 0 Å². The Bertz CT molecular complexity index is 564. The molecule has 4 nitrogen and oxygen atoms in total. The zero-order valence-electron chi connectivity index (χ0n) is 13.0. The maximum atomic E-state index is 4.50. The lowest BCUT2D eigenvalue weighted by Gasteiger charge is -2.13. The molecule has 22 heavy (non-hydrogen) atoms. The first-order valence-corrected chi connectivity index (χ1v) is 8.23. The molecule has 0 saturated carbocycles. The predicted molar refractivity (Wildman–Crippen MR) is 90.0 cm³/mol. The van der Waals surface area contributed by atoms with Gasteiger partial charge in [-0.1, -0.05) is 12.1 Å². The Kier molecular flexibility index (Phi) is 5.37. The van der Waals surface area contributed by atoms with E-state index in [4.69, 9.17) is 0 Å². The number of nitrogens with one attached hydrogen (secondary N) is 2. The molecule has 3 heterocycles. The number of aromatic nitrogens is 2. The van der Waals surface area contributed by atoms with Crippen molar-refractivity contribution in [3.63, 3.8) is 0 Å². The van der Waals surface area contributed by atoms with Crippen molar-refractivity contribution in [1.82, 2.24) is 15.3 Å². The molecule has 2 N–H and O–H groups in total. The van der Waals surface area contributed by atoms with E-state index in [1.54, 1.807) is 0 Å². The van der Waals surface area contributed by atoms with Gasteiger partial charge < -0.3 is 10.6 Å². The summed E-state index contributed by atoms with van der Waals surface area (Å²) in [5, 5.41) is 7.03. The second-order valence-corrected chi connectivity index (χ2v) is 5.84. The Balaban J connectivity index is 1.51. The van der Waals surface area contributed by atoms with Gasteiger partial charge in [-0.05, 0) is 56.0 Å². The van der Waals surface area contributed by atoms with Crippen molar-refractivity contribution in [3.05, 3.63) is 54.0 Å². The molecule has 0 amide bonds. The van der Waals surface area contributed by atoms with Crippen molar-refractivity contribution >= 4 is 5.82 Å². The molecule has 3 rings (SSSR count). The summed E-state index contributed by atoms with van der Waals surface area (Å²) in [6.07, 6.45) is 9.52. The van der Waals surface area contributed by atoms with Crippen LogP contribution in [0.3, 0.4) is 0 Å². The number of anilines is 1. The molecule has 0 aliphatic carbocycles. The highest BCUT2D eigenvalue weighted by atomic mass is 15.0. The SMILES string of the molecule is c1ccc(CCNc2ncccc2CC[C@H]2CCCN2)nc1. The van der Waals surface area contributed by atoms with Crippen LogP contribution in [0.15, 0.2) is 42.7 Å². The number of rotatable bonds is 7. The minimum atomic E-state index is 0.682. The van der Waals surface area contributed by atoms with Crippen molar-refractivity contribution in [2.45, 2.75) is 38.1 Å². The molecule has 2 aromatic rings. The first-order chi connectivity index (χ1) is 10.9. The minimum Gasteiger partial charge on any atom is -0.369 e. The van der Waals surface area contributed by atoms with Gasteiger partial charge in [0.05, 0.1) is 0 Å². The third-order valence-electron chi connectivity index (χ3n) is 4.22. The Labute approximate surface area is 132 Å². The maximum Gasteiger partial charge on any atom is 0.129 e. The van der Waals surface area contributed by atoms with Gasteiger partial charge in [0.2, 0.25) is 0 Å². The lowest BCUT2D eigenvalue weighted by molar-refractivity contribution is 0.559. The Morgan fingerprint density at radius 3 is 2.86 bits per heavy atom. The summed E-state index contributed by atoms with van der Waals surface area (Å²) in [7, 11) is 0. The van der Waals surface area contributed by atoms with Gasteiger partial charge in [0, 0.05) is 37.1 Å². The van der Waals surface area contributed by atoms with E-state index in [9.17, 15) is 0 Å². The standard InChI is InChI=1S/C18H24N4/c1-2-11-19-17(6-1)10-14-22-18-15(5-3-13-21-18)8-9-16-7-4-12-20-16/h1-3,5-6,11,13,16,20H,4,7-10,12,14H2,(H,21,22)/t16-/m1/s1. The van der Waals surface area contributed by atoms with Crippen LogP contribution < -0.4 is 10.6 Å². The third-order valence-corrected chi connectivity index (χ3v) is 4.22. The van der Waals surface area contributed by atoms with Gasteiger partial charge in [-0.2, -0.15) is 0 Å². The lowest BCUT2D eigenvalue weighted by Crippen LogP contribution is -2.22. The van der Waals surface area contributed by atoms with E-state index in [1.165, 1.54) is 31.4 Å². The van der Waals surface area contributed by atoms with Gasteiger partial charge in [0.1, 0.15) is 5.82 Å². The summed E-state index contributed by atoms with van der Waals surface area (Å²) in [5.74, 6) is 1.02. The topological polar surface area (TPSA) is 49.8 Å². The summed E-state index contributed by atoms with van der Waals surface area (Å²) < 4.78 is 0. The van der Waals surface area contributed by atoms with Crippen LogP contribution in [0, 0.1) is 0 Å². The number of nitrogens with zero attached hydrogens (tertiary/aromatic N) is 2. The average Bonchev–Trinajstić information content (AvgIpc) is 3.08. The monoisotopic (exact) mass is 296 g/mol. The highest BCUT2D eigenvalue weighted by Gasteiger charge is 2.14. The normalized spacial score (nSPS) is 17.5. The van der Waals surface area contributed by atoms with E-state index in [0.717, 1.165) is 30.9 Å². The molecule has 1 atom stereocenters. The van der Waals surface area contributed by atoms with Crippen LogP contribution in [0.2, 0.25) is 0 Å². The fourth-order valence-corrected chi connectivity index (χ4v) is 2.99. The van der Waals surface area contributed by atoms with Crippen molar-refractivity contribution in [3.8, 4) is 0 Å². The van der Waals surface area contributed by atoms with Crippen LogP contribution in [0.25, 0.3) is 0 Å². The fraction of sp³-hybridized carbons (Fsp3) is 0.444. The molecule has 0 aromatic carbocycles. The predicted octanol–water partition coefficient (Wildman–Crippen LogP) is 2.82. The highest BCUT2D eigenvalue weighted by molar-refractivity contribution is 5.43. The molecule has 1 aliphatic rings. The second kappa shape index (κ2) is 7.90. The van der Waals surface area contributed by atoms with Crippen LogP contribution in [0.1, 0.15) is 30.5 Å². The molecule has 2 aromatic heterocycles. The van der Waals surface area contributed by atoms with Crippen LogP contribution in [-0.4, -0.2) is 29.1 Å². The van der Waals surface area contributed by atoms with Crippen LogP contribution in [-0.2, 0) is 12.8 Å². The van der Waals surface area contributed by atoms with E-state index in [0.29, 0.717) is 6.04 Å². The first-order valence-electron chi connectivity index (χ1n) is 8.23. The first kappa shape index (κ1) is 15.0. The molecule has 1 aliphatic heterocycles. The van der Waals surface area contributed by atoms with E-state index < -0.39 is 0 Å². The van der Waals surface area contributed by atoms with Crippen molar-refractivity contribution < 1.29 is 0 Å². The Morgan fingerprint density at radius 1 is 1.09 bits per heavy atom. The molecule has 0 unspecified atom stereocenters. The molecule has 0 spiro atoms. The number of aryl methyl sites for hydroxylation is 1. The van der Waals surface area contributed by atoms with Gasteiger partial charge in [0.25, 0.3) is 0 Å². The van der Waals surface area contributed by atoms with E-state index >= 15 is 0 Å². The Morgan fingerprint density at radius 2 is 2.05 bits per heavy atom. The molecule has 0 radical (unpaired) electrons. The maximum absolute atomic E-state index is 4.50. The van der Waals surface area contributed by atoms with E-state index in [-0.39, 0.29) is 0 Å². The molecule has 1 fully saturated rings. The number of hydrogen-bond acceptors (Lipinski definition) is 4. The average molecular weight is 296 g/mol. The zero-order chi connectivity index (χ0) is 15.0. The third kappa shape index (κ3) is 4.28. The van der Waals surface area contributed by atoms with Crippen LogP contribution in [0.5, 0.6) is 0 Å². The van der Waals surface area contributed by atoms with Gasteiger partial charge in [-0.3, -0.25) is 4.98 Å². The molecular weight excluding hydrogens is 272 g/mol. The molecular formula is C18H24N4. The number of hydrogen-bond donors (Lipinski definition) is 2. The zero-order valence-corrected chi connectivity index (χ0v) is 13.0. The summed E-state index contributed by atoms with van der Waals surface area (Å²) in [4.78, 5) is 8.86. The lowest BCUT2D eigenvalue weighted by atomic mass is 10.0. The molecule has 0 bridgehead atoms. The van der Waals surface area contributed by atoms with Gasteiger partial charge in [-0.25, -0.2) is 4.98 Å². The number of pyridine rings is 2. The van der Waals surface area contributed by atoms with Crippen LogP contribution in [0.4, 0.5) is 5.82 Å². The summed E-state index contributed by atoms with van der Waals surface area (Å²) in [6, 6.07) is 10.9. The van der Waals surface area contributed by atoms with Crippen molar-refractivity contribution in [1.29, 1.82) is 0 Å². The van der Waals surface area contributed by atoms with E-state index in [2.05, 4.69) is 32.7 Å². The quantitative estimate of drug-likeness (QED) is 0.825. The Hall–Kier alpha value is -1.94. The molecule has 4 heteroatoms.